The van der Waals surface area contributed by atoms with Crippen LogP contribution in [-0.4, -0.2) is 19.6 Å². The van der Waals surface area contributed by atoms with Crippen molar-refractivity contribution in [3.63, 3.8) is 0 Å². The first-order valence-corrected chi connectivity index (χ1v) is 7.38. The summed E-state index contributed by atoms with van der Waals surface area (Å²) >= 11 is 0. The smallest absolute Gasteiger partial charge is 0.0825 e. The maximum absolute atomic E-state index is 4.50. The van der Waals surface area contributed by atoms with Crippen molar-refractivity contribution in [3.8, 4) is 0 Å². The SMILES string of the molecule is CCCn1cc(NCc2ccnn2CC(C)C)c(C)n1. The van der Waals surface area contributed by atoms with Crippen LogP contribution in [0.15, 0.2) is 18.5 Å². The van der Waals surface area contributed by atoms with Crippen molar-refractivity contribution in [2.24, 2.45) is 5.92 Å². The fourth-order valence-corrected chi connectivity index (χ4v) is 2.24. The third-order valence-electron chi connectivity index (χ3n) is 3.20. The Labute approximate surface area is 121 Å². The van der Waals surface area contributed by atoms with Crippen LogP contribution in [0.25, 0.3) is 0 Å². The molecule has 0 unspecified atom stereocenters. The summed E-state index contributed by atoms with van der Waals surface area (Å²) in [6.45, 7) is 11.3. The van der Waals surface area contributed by atoms with Gasteiger partial charge in [0.25, 0.3) is 0 Å². The predicted octanol–water partition coefficient (Wildman–Crippen LogP) is 3.07. The molecule has 0 saturated carbocycles. The van der Waals surface area contributed by atoms with Crippen LogP contribution in [0.3, 0.4) is 0 Å². The topological polar surface area (TPSA) is 47.7 Å². The maximum atomic E-state index is 4.50. The van der Waals surface area contributed by atoms with Crippen LogP contribution in [0, 0.1) is 12.8 Å². The van der Waals surface area contributed by atoms with Gasteiger partial charge in [0.1, 0.15) is 0 Å². The molecule has 0 bridgehead atoms. The monoisotopic (exact) mass is 275 g/mol. The number of aromatic nitrogens is 4. The molecule has 0 radical (unpaired) electrons. The van der Waals surface area contributed by atoms with Crippen LogP contribution in [0.4, 0.5) is 5.69 Å². The summed E-state index contributed by atoms with van der Waals surface area (Å²) in [5, 5.41) is 12.3. The molecule has 0 aliphatic heterocycles. The Bertz CT molecular complexity index is 538. The Morgan fingerprint density at radius 3 is 2.85 bits per heavy atom. The van der Waals surface area contributed by atoms with E-state index in [1.54, 1.807) is 0 Å². The van der Waals surface area contributed by atoms with Crippen LogP contribution in [-0.2, 0) is 19.6 Å². The Morgan fingerprint density at radius 1 is 1.35 bits per heavy atom. The molecule has 110 valence electrons. The minimum absolute atomic E-state index is 0.600. The van der Waals surface area contributed by atoms with E-state index in [-0.39, 0.29) is 0 Å². The number of nitrogens with zero attached hydrogens (tertiary/aromatic N) is 4. The molecule has 1 N–H and O–H groups in total. The fraction of sp³-hybridized carbons (Fsp3) is 0.600. The molecule has 0 aliphatic rings. The summed E-state index contributed by atoms with van der Waals surface area (Å²) < 4.78 is 4.08. The summed E-state index contributed by atoms with van der Waals surface area (Å²) in [5.74, 6) is 0.600. The average molecular weight is 275 g/mol. The Balaban J connectivity index is 2.00. The lowest BCUT2D eigenvalue weighted by atomic mass is 10.2. The molecule has 2 heterocycles. The zero-order valence-corrected chi connectivity index (χ0v) is 12.9. The van der Waals surface area contributed by atoms with Gasteiger partial charge in [-0.1, -0.05) is 20.8 Å². The molecular formula is C15H25N5. The van der Waals surface area contributed by atoms with Gasteiger partial charge in [-0.15, -0.1) is 0 Å². The molecule has 2 aromatic rings. The largest absolute Gasteiger partial charge is 0.377 e. The summed E-state index contributed by atoms with van der Waals surface area (Å²) in [6, 6.07) is 2.07. The standard InChI is InChI=1S/C15H25N5/c1-5-8-19-11-15(13(4)18-19)16-9-14-6-7-17-20(14)10-12(2)3/h6-7,11-12,16H,5,8-10H2,1-4H3. The lowest BCUT2D eigenvalue weighted by Gasteiger charge is -2.10. The third kappa shape index (κ3) is 3.62. The van der Waals surface area contributed by atoms with Gasteiger partial charge < -0.3 is 5.32 Å². The Kier molecular flexibility index (Phi) is 4.82. The first kappa shape index (κ1) is 14.6. The highest BCUT2D eigenvalue weighted by atomic mass is 15.3. The average Bonchev–Trinajstić information content (AvgIpc) is 2.94. The summed E-state index contributed by atoms with van der Waals surface area (Å²) in [6.07, 6.45) is 5.05. The molecule has 20 heavy (non-hydrogen) atoms. The molecule has 5 nitrogen and oxygen atoms in total. The highest BCUT2D eigenvalue weighted by Gasteiger charge is 2.07. The second-order valence-electron chi connectivity index (χ2n) is 5.64. The number of hydrogen-bond acceptors (Lipinski definition) is 3. The highest BCUT2D eigenvalue weighted by Crippen LogP contribution is 2.14. The second kappa shape index (κ2) is 6.59. The van der Waals surface area contributed by atoms with Gasteiger partial charge in [-0.25, -0.2) is 0 Å². The Morgan fingerprint density at radius 2 is 2.15 bits per heavy atom. The number of rotatable bonds is 7. The lowest BCUT2D eigenvalue weighted by Crippen LogP contribution is -2.12. The first-order chi connectivity index (χ1) is 9.60. The van der Waals surface area contributed by atoms with Crippen LogP contribution >= 0.6 is 0 Å². The van der Waals surface area contributed by atoms with E-state index in [1.807, 2.05) is 17.8 Å². The summed E-state index contributed by atoms with van der Waals surface area (Å²) in [7, 11) is 0. The molecule has 2 aromatic heterocycles. The molecule has 5 heteroatoms. The quantitative estimate of drug-likeness (QED) is 0.844. The number of anilines is 1. The van der Waals surface area contributed by atoms with Crippen molar-refractivity contribution < 1.29 is 0 Å². The molecule has 0 atom stereocenters. The lowest BCUT2D eigenvalue weighted by molar-refractivity contribution is 0.470. The van der Waals surface area contributed by atoms with Crippen LogP contribution in [0.5, 0.6) is 0 Å². The van der Waals surface area contributed by atoms with Gasteiger partial charge in [-0.3, -0.25) is 9.36 Å². The summed E-state index contributed by atoms with van der Waals surface area (Å²) in [4.78, 5) is 0. The van der Waals surface area contributed by atoms with Gasteiger partial charge in [-0.2, -0.15) is 10.2 Å². The van der Waals surface area contributed by atoms with E-state index in [9.17, 15) is 0 Å². The van der Waals surface area contributed by atoms with Crippen LogP contribution in [0.1, 0.15) is 38.6 Å². The highest BCUT2D eigenvalue weighted by molar-refractivity contribution is 5.45. The van der Waals surface area contributed by atoms with Gasteiger partial charge in [0.05, 0.1) is 23.6 Å². The van der Waals surface area contributed by atoms with E-state index in [2.05, 4.69) is 53.2 Å². The van der Waals surface area contributed by atoms with Crippen LogP contribution < -0.4 is 5.32 Å². The molecule has 0 spiro atoms. The van der Waals surface area contributed by atoms with E-state index in [4.69, 9.17) is 0 Å². The molecule has 0 aliphatic carbocycles. The van der Waals surface area contributed by atoms with Crippen molar-refractivity contribution in [1.29, 1.82) is 0 Å². The van der Waals surface area contributed by atoms with Crippen molar-refractivity contribution in [2.45, 2.75) is 53.8 Å². The van der Waals surface area contributed by atoms with E-state index in [0.717, 1.165) is 37.4 Å². The van der Waals surface area contributed by atoms with E-state index < -0.39 is 0 Å². The van der Waals surface area contributed by atoms with Crippen molar-refractivity contribution in [3.05, 3.63) is 29.8 Å². The second-order valence-corrected chi connectivity index (χ2v) is 5.64. The normalized spacial score (nSPS) is 11.2. The van der Waals surface area contributed by atoms with Crippen molar-refractivity contribution in [2.75, 3.05) is 5.32 Å². The van der Waals surface area contributed by atoms with E-state index >= 15 is 0 Å². The Hall–Kier alpha value is -1.78. The zero-order valence-electron chi connectivity index (χ0n) is 12.9. The molecule has 2 rings (SSSR count). The minimum atomic E-state index is 0.600. The van der Waals surface area contributed by atoms with Crippen molar-refractivity contribution >= 4 is 5.69 Å². The molecule has 0 amide bonds. The zero-order chi connectivity index (χ0) is 14.5. The van der Waals surface area contributed by atoms with E-state index in [0.29, 0.717) is 5.92 Å². The fourth-order valence-electron chi connectivity index (χ4n) is 2.24. The minimum Gasteiger partial charge on any atom is -0.377 e. The van der Waals surface area contributed by atoms with Crippen molar-refractivity contribution in [1.82, 2.24) is 19.6 Å². The third-order valence-corrected chi connectivity index (χ3v) is 3.20. The molecule has 0 fully saturated rings. The number of hydrogen-bond donors (Lipinski definition) is 1. The van der Waals surface area contributed by atoms with Gasteiger partial charge in [-0.05, 0) is 25.3 Å². The predicted molar refractivity (Wildman–Crippen MR) is 81.6 cm³/mol. The number of aryl methyl sites for hydroxylation is 2. The molecular weight excluding hydrogens is 250 g/mol. The van der Waals surface area contributed by atoms with Crippen LogP contribution in [0.2, 0.25) is 0 Å². The van der Waals surface area contributed by atoms with Gasteiger partial charge in [0.2, 0.25) is 0 Å². The van der Waals surface area contributed by atoms with Gasteiger partial charge >= 0.3 is 0 Å². The van der Waals surface area contributed by atoms with Gasteiger partial charge in [0, 0.05) is 25.5 Å². The van der Waals surface area contributed by atoms with Gasteiger partial charge in [0.15, 0.2) is 0 Å². The molecule has 0 saturated heterocycles. The maximum Gasteiger partial charge on any atom is 0.0825 e. The van der Waals surface area contributed by atoms with E-state index in [1.165, 1.54) is 5.69 Å². The first-order valence-electron chi connectivity index (χ1n) is 7.38. The summed E-state index contributed by atoms with van der Waals surface area (Å²) in [5.41, 5.74) is 3.37. The molecule has 0 aromatic carbocycles. The number of nitrogens with one attached hydrogen (secondary N) is 1.